The SMILES string of the molecule is CC(=O)C(=C(C)O)c1ccccc1.CC(=O)C=C(C)O.CC(C)(C)c1ccnc(-c2[c-]ccc(-c3ccccc3)c2)c1.CC(C)(C)c1ccnc(-c2[c-]ccc(-c3ccccc3)c2)c1.CC(C)c1ccc(-c2[c-]cccc2)nc1.CCCc1ccc(-c2[c-]cccc2)nc1.Cc1[c-]c(-c2cc(CC(C)C)c3cc(C)ccc3n2)cc(C)c1.Cc1[c-]c(-c2ccc3ccccc3n2)cc(C)c1.[Ir].[Ir].[Ir].[Ir]. The molecular formula is C125H126Ir4N6O4-6. The maximum Gasteiger partial charge on any atom is 0.163 e. The summed E-state index contributed by atoms with van der Waals surface area (Å²) < 4.78 is 0. The molecule has 6 aromatic heterocycles. The van der Waals surface area contributed by atoms with Crippen LogP contribution in [0.3, 0.4) is 0 Å². The van der Waals surface area contributed by atoms with E-state index in [-0.39, 0.29) is 114 Å². The molecule has 0 fully saturated rings. The Morgan fingerprint density at radius 2 is 0.863 bits per heavy atom. The molecule has 0 saturated carbocycles. The predicted molar refractivity (Wildman–Crippen MR) is 564 cm³/mol. The number of ketones is 2. The van der Waals surface area contributed by atoms with Crippen molar-refractivity contribution in [1.82, 2.24) is 29.9 Å². The van der Waals surface area contributed by atoms with Gasteiger partial charge in [-0.25, -0.2) is 0 Å². The van der Waals surface area contributed by atoms with Gasteiger partial charge in [0.05, 0.1) is 22.4 Å². The Kier molecular flexibility index (Phi) is 47.7. The van der Waals surface area contributed by atoms with E-state index in [4.69, 9.17) is 15.1 Å². The third-order valence-corrected chi connectivity index (χ3v) is 21.7. The minimum atomic E-state index is -0.125. The van der Waals surface area contributed by atoms with Gasteiger partial charge in [-0.1, -0.05) is 286 Å². The number of para-hydroxylation sites is 1. The molecule has 0 spiro atoms. The Bertz CT molecular complexity index is 6580. The number of aryl methyl sites for hydroxylation is 6. The molecule has 139 heavy (non-hydrogen) atoms. The molecule has 2 N–H and O–H groups in total. The summed E-state index contributed by atoms with van der Waals surface area (Å²) in [6.07, 6.45) is 12.2. The molecule has 11 aromatic carbocycles. The zero-order chi connectivity index (χ0) is 97.1. The minimum absolute atomic E-state index is 0. The fraction of sp³-hybridized carbons (Fsp3) is 0.216. The first kappa shape index (κ1) is 116. The molecule has 4 radical (unpaired) electrons. The minimum Gasteiger partial charge on any atom is -0.512 e. The van der Waals surface area contributed by atoms with E-state index in [0.717, 1.165) is 108 Å². The predicted octanol–water partition coefficient (Wildman–Crippen LogP) is 31.9. The number of allylic oxidation sites excluding steroid dienone is 4. The van der Waals surface area contributed by atoms with Crippen molar-refractivity contribution in [3.05, 3.63) is 449 Å². The summed E-state index contributed by atoms with van der Waals surface area (Å²) in [5, 5.41) is 20.1. The molecule has 6 heterocycles. The molecule has 0 aliphatic rings. The molecule has 0 aliphatic carbocycles. The number of pyridine rings is 6. The number of Topliss-reactive ketones (excluding diaryl/α,β-unsaturated/α-hetero) is 1. The van der Waals surface area contributed by atoms with Crippen LogP contribution in [0.2, 0.25) is 0 Å². The quantitative estimate of drug-likeness (QED) is 0.0543. The maximum atomic E-state index is 11.2. The monoisotopic (exact) mass is 2550 g/mol. The number of aromatic nitrogens is 6. The third kappa shape index (κ3) is 37.2. The summed E-state index contributed by atoms with van der Waals surface area (Å²) in [5.74, 6) is 1.04. The van der Waals surface area contributed by atoms with Crippen molar-refractivity contribution in [1.29, 1.82) is 0 Å². The number of benzene rings is 11. The van der Waals surface area contributed by atoms with E-state index in [2.05, 4.69) is 355 Å². The second-order valence-electron chi connectivity index (χ2n) is 36.5. The second kappa shape index (κ2) is 57.4. The number of carbonyl (C=O) groups excluding carboxylic acids is 2. The molecule has 0 atom stereocenters. The van der Waals surface area contributed by atoms with Gasteiger partial charge in [-0.15, -0.1) is 212 Å². The molecule has 0 amide bonds. The summed E-state index contributed by atoms with van der Waals surface area (Å²) in [4.78, 5) is 48.7. The topological polar surface area (TPSA) is 152 Å². The number of hydrogen-bond acceptors (Lipinski definition) is 10. The molecular weight excluding hydrogens is 2420 g/mol. The van der Waals surface area contributed by atoms with Crippen LogP contribution in [0.1, 0.15) is 177 Å². The van der Waals surface area contributed by atoms with E-state index >= 15 is 0 Å². The molecule has 722 valence electrons. The fourth-order valence-corrected chi connectivity index (χ4v) is 15.0. The molecule has 0 unspecified atom stereocenters. The molecule has 17 aromatic rings. The molecule has 10 nitrogen and oxygen atoms in total. The Labute approximate surface area is 880 Å². The van der Waals surface area contributed by atoms with Crippen LogP contribution >= 0.6 is 0 Å². The van der Waals surface area contributed by atoms with Gasteiger partial charge in [0.25, 0.3) is 0 Å². The molecule has 0 saturated heterocycles. The van der Waals surface area contributed by atoms with Crippen LogP contribution in [-0.4, -0.2) is 51.7 Å². The molecule has 14 heteroatoms. The van der Waals surface area contributed by atoms with Crippen molar-refractivity contribution >= 4 is 38.9 Å². The van der Waals surface area contributed by atoms with Crippen LogP contribution in [0.5, 0.6) is 0 Å². The Hall–Kier alpha value is -12.1. The second-order valence-corrected chi connectivity index (χ2v) is 36.5. The first-order valence-electron chi connectivity index (χ1n) is 46.2. The van der Waals surface area contributed by atoms with E-state index in [1.54, 1.807) is 12.1 Å². The summed E-state index contributed by atoms with van der Waals surface area (Å²) in [7, 11) is 0. The van der Waals surface area contributed by atoms with Crippen LogP contribution in [-0.2, 0) is 114 Å². The maximum absolute atomic E-state index is 11.2. The standard InChI is InChI=1S/C22H24N.2C21H20N.C17H14N.2C14H14N.C11H12O2.C5H8O2.4Ir/c1-14(2)8-18-13-22(19-10-16(4)9-17(5)11-19)23-21-7-6-15(3)12-20(18)21;2*1-21(2,3)19-12-13-22-20(15-19)18-11-7-10-17(14-18)16-8-5-4-6-9-16;1-12-9-13(2)11-15(10-12)17-8-7-14-5-3-4-6-16(14)18-17;1-11(2)13-8-9-14(15-10-13)12-6-4-3-5-7-12;1-2-6-12-9-10-14(15-11-12)13-7-4-3-5-8-13;1-8(12)11(9(2)13)10-6-4-3-5-7-10;1-4(6)3-5(2)7;;;;/h6-7,9-10,12-14H,8H2,1-5H3;2*4-10,12-15H,1-3H3;3-10H,1-2H3;3-6,8-11H,1-2H3;3-5,7,9-11H,2,6H2,1H3;3-7,12H,1-2H3;3,6H,1-2H3;;;;/q6*-1;;;;;;. The van der Waals surface area contributed by atoms with Gasteiger partial charge in [0.2, 0.25) is 0 Å². The van der Waals surface area contributed by atoms with Gasteiger partial charge in [-0.05, 0) is 185 Å². The molecule has 0 bridgehead atoms. The third-order valence-electron chi connectivity index (χ3n) is 21.7. The number of aliphatic hydroxyl groups excluding tert-OH is 2. The zero-order valence-corrected chi connectivity index (χ0v) is 92.9. The van der Waals surface area contributed by atoms with Crippen molar-refractivity contribution in [2.75, 3.05) is 0 Å². The average Bonchev–Trinajstić information content (AvgIpc) is 0.785. The van der Waals surface area contributed by atoms with E-state index in [1.165, 1.54) is 118 Å². The summed E-state index contributed by atoms with van der Waals surface area (Å²) >= 11 is 0. The number of fused-ring (bicyclic) bond motifs is 2. The van der Waals surface area contributed by atoms with Gasteiger partial charge < -0.3 is 30.1 Å². The van der Waals surface area contributed by atoms with Gasteiger partial charge >= 0.3 is 0 Å². The van der Waals surface area contributed by atoms with Crippen LogP contribution in [0, 0.1) is 76.9 Å². The van der Waals surface area contributed by atoms with Gasteiger partial charge in [0.15, 0.2) is 11.6 Å². The fourth-order valence-electron chi connectivity index (χ4n) is 15.0. The summed E-state index contributed by atoms with van der Waals surface area (Å²) in [5.41, 5.74) is 33.2. The Morgan fingerprint density at radius 3 is 1.29 bits per heavy atom. The van der Waals surface area contributed by atoms with Gasteiger partial charge in [-0.3, -0.25) is 19.6 Å². The smallest absolute Gasteiger partial charge is 0.163 e. The van der Waals surface area contributed by atoms with Crippen molar-refractivity contribution in [3.8, 4) is 89.8 Å². The van der Waals surface area contributed by atoms with Crippen molar-refractivity contribution < 1.29 is 100 Å². The van der Waals surface area contributed by atoms with Crippen molar-refractivity contribution in [3.63, 3.8) is 0 Å². The molecule has 0 aliphatic heterocycles. The Balaban J connectivity index is 0.000000246. The van der Waals surface area contributed by atoms with E-state index in [9.17, 15) is 14.7 Å². The van der Waals surface area contributed by atoms with Gasteiger partial charge in [-0.2, -0.15) is 0 Å². The summed E-state index contributed by atoms with van der Waals surface area (Å²) in [6, 6.07) is 125. The number of aliphatic hydroxyl groups is 2. The normalized spacial score (nSPS) is 10.8. The van der Waals surface area contributed by atoms with Crippen molar-refractivity contribution in [2.45, 2.75) is 174 Å². The number of rotatable bonds is 16. The van der Waals surface area contributed by atoms with Crippen LogP contribution < -0.4 is 0 Å². The molecule has 17 rings (SSSR count). The number of nitrogens with zero attached hydrogens (tertiary/aromatic N) is 6. The van der Waals surface area contributed by atoms with Crippen LogP contribution in [0.15, 0.2) is 352 Å². The van der Waals surface area contributed by atoms with Gasteiger partial charge in [0, 0.05) is 117 Å². The van der Waals surface area contributed by atoms with E-state index < -0.39 is 0 Å². The van der Waals surface area contributed by atoms with Crippen LogP contribution in [0.25, 0.3) is 117 Å². The first-order valence-corrected chi connectivity index (χ1v) is 46.2. The Morgan fingerprint density at radius 1 is 0.396 bits per heavy atom. The largest absolute Gasteiger partial charge is 0.512 e. The number of hydrogen-bond donors (Lipinski definition) is 2. The van der Waals surface area contributed by atoms with E-state index in [1.807, 2.05) is 134 Å². The average molecular weight is 2550 g/mol. The zero-order valence-electron chi connectivity index (χ0n) is 83.3. The van der Waals surface area contributed by atoms with E-state index in [0.29, 0.717) is 17.4 Å². The van der Waals surface area contributed by atoms with Gasteiger partial charge in [0.1, 0.15) is 5.76 Å². The van der Waals surface area contributed by atoms with Crippen LogP contribution in [0.4, 0.5) is 0 Å². The first-order chi connectivity index (χ1) is 64.6. The number of carbonyl (C=O) groups is 2. The van der Waals surface area contributed by atoms with Crippen molar-refractivity contribution in [2.24, 2.45) is 5.92 Å². The summed E-state index contributed by atoms with van der Waals surface area (Å²) in [6.45, 7) is 40.7.